The van der Waals surface area contributed by atoms with Crippen LogP contribution in [-0.2, 0) is 16.4 Å². The van der Waals surface area contributed by atoms with Crippen molar-refractivity contribution in [1.29, 1.82) is 0 Å². The Balaban J connectivity index is 1.81. The first kappa shape index (κ1) is 15.5. The normalized spacial score (nSPS) is 11.3. The minimum atomic E-state index is -3.21. The smallest absolute Gasteiger partial charge is 0.179 e. The largest absolute Gasteiger partial charge is 0.497 e. The second kappa shape index (κ2) is 7.24. The topological polar surface area (TPSA) is 55.4 Å². The molecule has 0 amide bonds. The molecule has 0 heterocycles. The van der Waals surface area contributed by atoms with Gasteiger partial charge >= 0.3 is 0 Å². The number of methoxy groups -OCH3 is 1. The highest BCUT2D eigenvalue weighted by Gasteiger charge is 2.12. The predicted octanol–water partition coefficient (Wildman–Crippen LogP) is 2.26. The van der Waals surface area contributed by atoms with E-state index in [-0.39, 0.29) is 5.75 Å². The first-order chi connectivity index (χ1) is 10.1. The lowest BCUT2D eigenvalue weighted by Gasteiger charge is -2.07. The number of benzene rings is 2. The van der Waals surface area contributed by atoms with Crippen molar-refractivity contribution < 1.29 is 13.2 Å². The Bertz CT molecular complexity index is 652. The van der Waals surface area contributed by atoms with E-state index in [2.05, 4.69) is 5.32 Å². The van der Waals surface area contributed by atoms with Gasteiger partial charge in [-0.3, -0.25) is 0 Å². The first-order valence-electron chi connectivity index (χ1n) is 6.73. The summed E-state index contributed by atoms with van der Waals surface area (Å²) in [5.41, 5.74) is 1.09. The second-order valence-electron chi connectivity index (χ2n) is 4.66. The molecule has 21 heavy (non-hydrogen) atoms. The monoisotopic (exact) mass is 305 g/mol. The number of hydrogen-bond acceptors (Lipinski definition) is 4. The van der Waals surface area contributed by atoms with Crippen LogP contribution in [0.4, 0.5) is 0 Å². The van der Waals surface area contributed by atoms with E-state index >= 15 is 0 Å². The molecule has 2 rings (SSSR count). The Labute approximate surface area is 125 Å². The van der Waals surface area contributed by atoms with Crippen LogP contribution in [-0.4, -0.2) is 27.8 Å². The number of ether oxygens (including phenoxy) is 1. The SMILES string of the molecule is COc1ccc(CNCCS(=O)(=O)c2ccccc2)cc1. The Morgan fingerprint density at radius 3 is 2.29 bits per heavy atom. The van der Waals surface area contributed by atoms with Gasteiger partial charge in [-0.25, -0.2) is 8.42 Å². The highest BCUT2D eigenvalue weighted by atomic mass is 32.2. The molecule has 0 unspecified atom stereocenters. The van der Waals surface area contributed by atoms with Crippen LogP contribution in [0.15, 0.2) is 59.5 Å². The van der Waals surface area contributed by atoms with Crippen LogP contribution in [0, 0.1) is 0 Å². The molecule has 0 spiro atoms. The minimum absolute atomic E-state index is 0.0904. The van der Waals surface area contributed by atoms with Crippen LogP contribution in [0.5, 0.6) is 5.75 Å². The standard InChI is InChI=1S/C16H19NO3S/c1-20-15-9-7-14(8-10-15)13-17-11-12-21(18,19)16-5-3-2-4-6-16/h2-10,17H,11-13H2,1H3. The van der Waals surface area contributed by atoms with Crippen molar-refractivity contribution in [2.24, 2.45) is 0 Å². The Morgan fingerprint density at radius 1 is 1.00 bits per heavy atom. The summed E-state index contributed by atoms with van der Waals surface area (Å²) >= 11 is 0. The molecule has 0 saturated heterocycles. The quantitative estimate of drug-likeness (QED) is 0.797. The van der Waals surface area contributed by atoms with Crippen molar-refractivity contribution in [3.63, 3.8) is 0 Å². The van der Waals surface area contributed by atoms with Gasteiger partial charge in [-0.15, -0.1) is 0 Å². The molecule has 0 aliphatic heterocycles. The highest BCUT2D eigenvalue weighted by Crippen LogP contribution is 2.11. The van der Waals surface area contributed by atoms with E-state index in [1.807, 2.05) is 24.3 Å². The van der Waals surface area contributed by atoms with Crippen LogP contribution >= 0.6 is 0 Å². The van der Waals surface area contributed by atoms with Gasteiger partial charge in [0.1, 0.15) is 5.75 Å². The van der Waals surface area contributed by atoms with Crippen LogP contribution in [0.25, 0.3) is 0 Å². The molecule has 1 N–H and O–H groups in total. The van der Waals surface area contributed by atoms with Crippen molar-refractivity contribution >= 4 is 9.84 Å². The highest BCUT2D eigenvalue weighted by molar-refractivity contribution is 7.91. The summed E-state index contributed by atoms with van der Waals surface area (Å²) in [4.78, 5) is 0.372. The average Bonchev–Trinajstić information content (AvgIpc) is 2.53. The van der Waals surface area contributed by atoms with Gasteiger partial charge in [0.2, 0.25) is 0 Å². The number of nitrogens with one attached hydrogen (secondary N) is 1. The van der Waals surface area contributed by atoms with Crippen LogP contribution < -0.4 is 10.1 Å². The maximum atomic E-state index is 12.1. The molecule has 2 aromatic rings. The summed E-state index contributed by atoms with van der Waals surface area (Å²) in [6, 6.07) is 16.2. The van der Waals surface area contributed by atoms with Gasteiger partial charge < -0.3 is 10.1 Å². The van der Waals surface area contributed by atoms with Crippen molar-refractivity contribution in [2.75, 3.05) is 19.4 Å². The fourth-order valence-corrected chi connectivity index (χ4v) is 3.15. The fraction of sp³-hybridized carbons (Fsp3) is 0.250. The van der Waals surface area contributed by atoms with Crippen molar-refractivity contribution in [1.82, 2.24) is 5.32 Å². The third kappa shape index (κ3) is 4.58. The zero-order valence-electron chi connectivity index (χ0n) is 12.0. The van der Waals surface area contributed by atoms with Crippen LogP contribution in [0.2, 0.25) is 0 Å². The summed E-state index contributed by atoms with van der Waals surface area (Å²) in [7, 11) is -1.58. The predicted molar refractivity (Wildman–Crippen MR) is 83.2 cm³/mol. The Hall–Kier alpha value is -1.85. The zero-order chi connectivity index (χ0) is 15.1. The van der Waals surface area contributed by atoms with E-state index in [0.717, 1.165) is 11.3 Å². The molecule has 0 bridgehead atoms. The molecule has 0 aliphatic rings. The maximum absolute atomic E-state index is 12.1. The van der Waals surface area contributed by atoms with E-state index in [0.29, 0.717) is 18.0 Å². The van der Waals surface area contributed by atoms with E-state index in [4.69, 9.17) is 4.74 Å². The molecular formula is C16H19NO3S. The summed E-state index contributed by atoms with van der Waals surface area (Å²) < 4.78 is 29.2. The molecule has 0 aliphatic carbocycles. The average molecular weight is 305 g/mol. The third-order valence-corrected chi connectivity index (χ3v) is 4.87. The molecular weight excluding hydrogens is 286 g/mol. The zero-order valence-corrected chi connectivity index (χ0v) is 12.8. The fourth-order valence-electron chi connectivity index (χ4n) is 1.93. The van der Waals surface area contributed by atoms with Gasteiger partial charge in [0.15, 0.2) is 9.84 Å². The molecule has 4 nitrogen and oxygen atoms in total. The minimum Gasteiger partial charge on any atom is -0.497 e. The molecule has 0 fully saturated rings. The molecule has 0 atom stereocenters. The lowest BCUT2D eigenvalue weighted by Crippen LogP contribution is -2.22. The molecule has 5 heteroatoms. The molecule has 0 aromatic heterocycles. The van der Waals surface area contributed by atoms with E-state index in [1.165, 1.54) is 0 Å². The molecule has 0 radical (unpaired) electrons. The van der Waals surface area contributed by atoms with Gasteiger partial charge in [-0.05, 0) is 29.8 Å². The summed E-state index contributed by atoms with van der Waals surface area (Å²) in [5.74, 6) is 0.901. The summed E-state index contributed by atoms with van der Waals surface area (Å²) in [6.45, 7) is 1.05. The first-order valence-corrected chi connectivity index (χ1v) is 8.38. The van der Waals surface area contributed by atoms with Gasteiger partial charge in [-0.2, -0.15) is 0 Å². The Kier molecular flexibility index (Phi) is 5.36. The van der Waals surface area contributed by atoms with E-state index in [9.17, 15) is 8.42 Å². The van der Waals surface area contributed by atoms with Gasteiger partial charge in [0, 0.05) is 13.1 Å². The number of rotatable bonds is 7. The Morgan fingerprint density at radius 2 is 1.67 bits per heavy atom. The van der Waals surface area contributed by atoms with Gasteiger partial charge in [0.25, 0.3) is 0 Å². The van der Waals surface area contributed by atoms with Crippen LogP contribution in [0.1, 0.15) is 5.56 Å². The summed E-state index contributed by atoms with van der Waals surface area (Å²) in [5, 5.41) is 3.15. The van der Waals surface area contributed by atoms with Gasteiger partial charge in [-0.1, -0.05) is 30.3 Å². The lowest BCUT2D eigenvalue weighted by atomic mass is 10.2. The van der Waals surface area contributed by atoms with Crippen molar-refractivity contribution in [2.45, 2.75) is 11.4 Å². The number of hydrogen-bond donors (Lipinski definition) is 1. The van der Waals surface area contributed by atoms with Crippen LogP contribution in [0.3, 0.4) is 0 Å². The number of sulfone groups is 1. The third-order valence-electron chi connectivity index (χ3n) is 3.14. The summed E-state index contributed by atoms with van der Waals surface area (Å²) in [6.07, 6.45) is 0. The second-order valence-corrected chi connectivity index (χ2v) is 6.77. The maximum Gasteiger partial charge on any atom is 0.179 e. The van der Waals surface area contributed by atoms with Crippen molar-refractivity contribution in [3.8, 4) is 5.75 Å². The van der Waals surface area contributed by atoms with E-state index in [1.54, 1.807) is 37.4 Å². The molecule has 0 saturated carbocycles. The molecule has 112 valence electrons. The van der Waals surface area contributed by atoms with E-state index < -0.39 is 9.84 Å². The van der Waals surface area contributed by atoms with Crippen molar-refractivity contribution in [3.05, 3.63) is 60.2 Å². The molecule has 2 aromatic carbocycles. The van der Waals surface area contributed by atoms with Gasteiger partial charge in [0.05, 0.1) is 17.8 Å². The lowest BCUT2D eigenvalue weighted by molar-refractivity contribution is 0.414.